The molecule has 7 heteroatoms. The summed E-state index contributed by atoms with van der Waals surface area (Å²) in [7, 11) is -0.912. The predicted molar refractivity (Wildman–Crippen MR) is 67.6 cm³/mol. The first-order valence-electron chi connectivity index (χ1n) is 5.07. The van der Waals surface area contributed by atoms with Crippen molar-refractivity contribution in [3.8, 4) is 0 Å². The Balaban J connectivity index is 2.82. The third-order valence-corrected chi connectivity index (χ3v) is 3.12. The molecular formula is C10H15N3O3S. The van der Waals surface area contributed by atoms with Gasteiger partial charge in [0.15, 0.2) is 0 Å². The van der Waals surface area contributed by atoms with E-state index in [2.05, 4.69) is 10.3 Å². The van der Waals surface area contributed by atoms with Gasteiger partial charge in [-0.1, -0.05) is 0 Å². The van der Waals surface area contributed by atoms with Gasteiger partial charge in [0.25, 0.3) is 5.69 Å². The Labute approximate surface area is 102 Å². The van der Waals surface area contributed by atoms with Gasteiger partial charge in [0.1, 0.15) is 5.82 Å². The highest BCUT2D eigenvalue weighted by atomic mass is 32.2. The SMILES string of the molecule is Cc1cnc(NC(C)CS(C)=O)cc1[N+](=O)[O-]. The van der Waals surface area contributed by atoms with Gasteiger partial charge in [0.2, 0.25) is 0 Å². The highest BCUT2D eigenvalue weighted by Crippen LogP contribution is 2.20. The summed E-state index contributed by atoms with van der Waals surface area (Å²) in [5, 5.41) is 13.7. The van der Waals surface area contributed by atoms with Crippen LogP contribution in [0.1, 0.15) is 12.5 Å². The molecule has 1 heterocycles. The van der Waals surface area contributed by atoms with E-state index in [4.69, 9.17) is 0 Å². The Bertz CT molecular complexity index is 450. The molecule has 0 radical (unpaired) electrons. The summed E-state index contributed by atoms with van der Waals surface area (Å²) in [6, 6.07) is 1.35. The molecule has 0 bridgehead atoms. The third kappa shape index (κ3) is 4.10. The lowest BCUT2D eigenvalue weighted by Gasteiger charge is -2.12. The number of hydrogen-bond donors (Lipinski definition) is 1. The highest BCUT2D eigenvalue weighted by molar-refractivity contribution is 7.84. The van der Waals surface area contributed by atoms with Gasteiger partial charge in [-0.3, -0.25) is 14.3 Å². The number of nitrogens with one attached hydrogen (secondary N) is 1. The average Bonchev–Trinajstić information content (AvgIpc) is 2.19. The van der Waals surface area contributed by atoms with Gasteiger partial charge in [-0.25, -0.2) is 4.98 Å². The van der Waals surface area contributed by atoms with Crippen LogP contribution in [0.2, 0.25) is 0 Å². The quantitative estimate of drug-likeness (QED) is 0.638. The van der Waals surface area contributed by atoms with E-state index < -0.39 is 15.7 Å². The van der Waals surface area contributed by atoms with Crippen molar-refractivity contribution in [3.05, 3.63) is 27.9 Å². The Hall–Kier alpha value is -1.50. The van der Waals surface area contributed by atoms with Crippen LogP contribution in [0, 0.1) is 17.0 Å². The molecule has 0 aliphatic carbocycles. The number of rotatable bonds is 5. The Morgan fingerprint density at radius 1 is 1.65 bits per heavy atom. The van der Waals surface area contributed by atoms with Crippen LogP contribution in [0.15, 0.2) is 12.3 Å². The first-order chi connectivity index (χ1) is 7.90. The minimum Gasteiger partial charge on any atom is -0.366 e. The van der Waals surface area contributed by atoms with Gasteiger partial charge in [0.05, 0.1) is 11.0 Å². The van der Waals surface area contributed by atoms with Crippen LogP contribution in [0.3, 0.4) is 0 Å². The molecule has 1 rings (SSSR count). The largest absolute Gasteiger partial charge is 0.366 e. The highest BCUT2D eigenvalue weighted by Gasteiger charge is 2.13. The molecule has 0 aliphatic heterocycles. The predicted octanol–water partition coefficient (Wildman–Crippen LogP) is 1.48. The Morgan fingerprint density at radius 2 is 2.29 bits per heavy atom. The van der Waals surface area contributed by atoms with Gasteiger partial charge in [0, 0.05) is 40.6 Å². The summed E-state index contributed by atoms with van der Waals surface area (Å²) >= 11 is 0. The number of anilines is 1. The fourth-order valence-corrected chi connectivity index (χ4v) is 2.22. The van der Waals surface area contributed by atoms with Gasteiger partial charge < -0.3 is 5.32 Å². The molecule has 17 heavy (non-hydrogen) atoms. The molecule has 0 saturated carbocycles. The second-order valence-electron chi connectivity index (χ2n) is 3.90. The zero-order valence-electron chi connectivity index (χ0n) is 9.97. The zero-order chi connectivity index (χ0) is 13.0. The Morgan fingerprint density at radius 3 is 2.82 bits per heavy atom. The second kappa shape index (κ2) is 5.72. The van der Waals surface area contributed by atoms with Crippen molar-refractivity contribution in [2.75, 3.05) is 17.3 Å². The fourth-order valence-electron chi connectivity index (χ4n) is 1.43. The molecule has 0 spiro atoms. The molecule has 2 atom stereocenters. The zero-order valence-corrected chi connectivity index (χ0v) is 10.8. The molecule has 1 aromatic heterocycles. The van der Waals surface area contributed by atoms with Crippen LogP contribution < -0.4 is 5.32 Å². The van der Waals surface area contributed by atoms with E-state index in [0.717, 1.165) is 0 Å². The topological polar surface area (TPSA) is 85.1 Å². The summed E-state index contributed by atoms with van der Waals surface area (Å²) in [4.78, 5) is 14.4. The lowest BCUT2D eigenvalue weighted by atomic mass is 10.2. The van der Waals surface area contributed by atoms with Crippen molar-refractivity contribution < 1.29 is 9.13 Å². The van der Waals surface area contributed by atoms with E-state index in [1.807, 2.05) is 6.92 Å². The van der Waals surface area contributed by atoms with Crippen molar-refractivity contribution in [3.63, 3.8) is 0 Å². The number of aromatic nitrogens is 1. The molecule has 0 fully saturated rings. The van der Waals surface area contributed by atoms with Crippen molar-refractivity contribution in [2.45, 2.75) is 19.9 Å². The van der Waals surface area contributed by atoms with Gasteiger partial charge in [-0.05, 0) is 13.8 Å². The summed E-state index contributed by atoms with van der Waals surface area (Å²) < 4.78 is 11.0. The molecule has 2 unspecified atom stereocenters. The van der Waals surface area contributed by atoms with Crippen LogP contribution >= 0.6 is 0 Å². The summed E-state index contributed by atoms with van der Waals surface area (Å²) in [5.41, 5.74) is 0.555. The van der Waals surface area contributed by atoms with Crippen molar-refractivity contribution in [1.29, 1.82) is 0 Å². The summed E-state index contributed by atoms with van der Waals surface area (Å²) in [6.45, 7) is 3.49. The van der Waals surface area contributed by atoms with E-state index >= 15 is 0 Å². The van der Waals surface area contributed by atoms with E-state index in [1.165, 1.54) is 12.3 Å². The van der Waals surface area contributed by atoms with Crippen LogP contribution in [0.5, 0.6) is 0 Å². The maximum atomic E-state index is 11.0. The number of nitro groups is 1. The number of pyridine rings is 1. The minimum atomic E-state index is -0.912. The third-order valence-electron chi connectivity index (χ3n) is 2.15. The monoisotopic (exact) mass is 257 g/mol. The number of nitrogens with zero attached hydrogens (tertiary/aromatic N) is 2. The second-order valence-corrected chi connectivity index (χ2v) is 5.38. The molecule has 6 nitrogen and oxygen atoms in total. The minimum absolute atomic E-state index is 0.0346. The number of hydrogen-bond acceptors (Lipinski definition) is 5. The lowest BCUT2D eigenvalue weighted by molar-refractivity contribution is -0.385. The normalized spacial score (nSPS) is 14.1. The van der Waals surface area contributed by atoms with Crippen molar-refractivity contribution >= 4 is 22.3 Å². The maximum absolute atomic E-state index is 11.0. The molecule has 94 valence electrons. The van der Waals surface area contributed by atoms with Crippen molar-refractivity contribution in [2.24, 2.45) is 0 Å². The van der Waals surface area contributed by atoms with Crippen LogP contribution in [0.4, 0.5) is 11.5 Å². The van der Waals surface area contributed by atoms with E-state index in [-0.39, 0.29) is 11.7 Å². The van der Waals surface area contributed by atoms with Crippen LogP contribution in [-0.2, 0) is 10.8 Å². The van der Waals surface area contributed by atoms with Gasteiger partial charge in [-0.2, -0.15) is 0 Å². The summed E-state index contributed by atoms with van der Waals surface area (Å²) in [6.07, 6.45) is 3.07. The van der Waals surface area contributed by atoms with E-state index in [9.17, 15) is 14.3 Å². The van der Waals surface area contributed by atoms with Crippen LogP contribution in [0.25, 0.3) is 0 Å². The van der Waals surface area contributed by atoms with E-state index in [0.29, 0.717) is 17.1 Å². The van der Waals surface area contributed by atoms with Gasteiger partial charge in [-0.15, -0.1) is 0 Å². The van der Waals surface area contributed by atoms with Crippen LogP contribution in [-0.4, -0.2) is 32.2 Å². The molecule has 0 aromatic carbocycles. The average molecular weight is 257 g/mol. The lowest BCUT2D eigenvalue weighted by Crippen LogP contribution is -2.22. The molecule has 1 N–H and O–H groups in total. The first kappa shape index (κ1) is 13.6. The standard InChI is InChI=1S/C10H15N3O3S/c1-7-5-11-10(4-9(7)13(14)15)12-8(2)6-17(3)16/h4-5,8H,6H2,1-3H3,(H,11,12). The molecule has 0 saturated heterocycles. The fraction of sp³-hybridized carbons (Fsp3) is 0.500. The number of aryl methyl sites for hydroxylation is 1. The smallest absolute Gasteiger partial charge is 0.277 e. The molecule has 0 amide bonds. The Kier molecular flexibility index (Phi) is 4.56. The molecule has 0 aliphatic rings. The maximum Gasteiger partial charge on any atom is 0.277 e. The first-order valence-corrected chi connectivity index (χ1v) is 6.80. The molecular weight excluding hydrogens is 242 g/mol. The summed E-state index contributed by atoms with van der Waals surface area (Å²) in [5.74, 6) is 0.906. The van der Waals surface area contributed by atoms with E-state index in [1.54, 1.807) is 13.2 Å². The van der Waals surface area contributed by atoms with Gasteiger partial charge >= 0.3 is 0 Å². The van der Waals surface area contributed by atoms with Crippen molar-refractivity contribution in [1.82, 2.24) is 4.98 Å². The molecule has 1 aromatic rings.